The molecular weight excluding hydrogens is 274 g/mol. The summed E-state index contributed by atoms with van der Waals surface area (Å²) in [4.78, 5) is 4.53. The van der Waals surface area contributed by atoms with Gasteiger partial charge in [-0.3, -0.25) is 4.99 Å². The number of hydrogen-bond acceptors (Lipinski definition) is 2. The Morgan fingerprint density at radius 2 is 2.14 bits per heavy atom. The van der Waals surface area contributed by atoms with Gasteiger partial charge in [0.2, 0.25) is 0 Å². The zero-order valence-corrected chi connectivity index (χ0v) is 14.0. The van der Waals surface area contributed by atoms with Crippen LogP contribution in [-0.2, 0) is 4.74 Å². The number of aliphatic imine (C=N–C) groups is 1. The summed E-state index contributed by atoms with van der Waals surface area (Å²) in [6, 6.07) is 8.99. The van der Waals surface area contributed by atoms with E-state index in [2.05, 4.69) is 55.3 Å². The van der Waals surface area contributed by atoms with Crippen molar-refractivity contribution in [1.29, 1.82) is 0 Å². The first-order valence-electron chi connectivity index (χ1n) is 8.34. The summed E-state index contributed by atoms with van der Waals surface area (Å²) in [5.74, 6) is 0.941. The van der Waals surface area contributed by atoms with Crippen LogP contribution in [0.25, 0.3) is 0 Å². The van der Waals surface area contributed by atoms with Crippen LogP contribution < -0.4 is 11.1 Å². The Kier molecular flexibility index (Phi) is 6.25. The van der Waals surface area contributed by atoms with E-state index < -0.39 is 0 Å². The lowest BCUT2D eigenvalue weighted by Gasteiger charge is -2.31. The molecule has 1 aromatic rings. The Morgan fingerprint density at radius 3 is 2.82 bits per heavy atom. The number of nitrogens with two attached hydrogens (primary N) is 1. The molecular formula is C18H29N3O. The maximum Gasteiger partial charge on any atom is 0.188 e. The topological polar surface area (TPSA) is 59.6 Å². The standard InChI is InChI=1S/C18H29N3O/c1-4-14(3)21-18(19)20-12-16-6-5-11-22-17(16)15-9-7-13(2)8-10-15/h7-10,14,16-17H,4-6,11-12H2,1-3H3,(H3,19,20,21). The van der Waals surface area contributed by atoms with E-state index in [1.807, 2.05) is 0 Å². The first-order chi connectivity index (χ1) is 10.6. The molecule has 1 saturated heterocycles. The lowest BCUT2D eigenvalue weighted by Crippen LogP contribution is -2.38. The van der Waals surface area contributed by atoms with E-state index in [1.54, 1.807) is 0 Å². The van der Waals surface area contributed by atoms with Gasteiger partial charge in [0.1, 0.15) is 0 Å². The van der Waals surface area contributed by atoms with Gasteiger partial charge in [-0.25, -0.2) is 0 Å². The van der Waals surface area contributed by atoms with E-state index in [0.29, 0.717) is 24.5 Å². The van der Waals surface area contributed by atoms with E-state index in [0.717, 1.165) is 25.9 Å². The average molecular weight is 303 g/mol. The van der Waals surface area contributed by atoms with Crippen molar-refractivity contribution in [3.05, 3.63) is 35.4 Å². The number of benzene rings is 1. The van der Waals surface area contributed by atoms with Crippen molar-refractivity contribution in [2.75, 3.05) is 13.2 Å². The number of nitrogens with zero attached hydrogens (tertiary/aromatic N) is 1. The van der Waals surface area contributed by atoms with Crippen molar-refractivity contribution in [1.82, 2.24) is 5.32 Å². The van der Waals surface area contributed by atoms with Gasteiger partial charge in [-0.2, -0.15) is 0 Å². The van der Waals surface area contributed by atoms with Crippen molar-refractivity contribution < 1.29 is 4.74 Å². The van der Waals surface area contributed by atoms with E-state index >= 15 is 0 Å². The highest BCUT2D eigenvalue weighted by Crippen LogP contribution is 2.33. The van der Waals surface area contributed by atoms with Crippen LogP contribution in [0.3, 0.4) is 0 Å². The molecule has 0 radical (unpaired) electrons. The SMILES string of the molecule is CCC(C)NC(N)=NCC1CCCOC1c1ccc(C)cc1. The minimum Gasteiger partial charge on any atom is -0.373 e. The molecule has 0 saturated carbocycles. The van der Waals surface area contributed by atoms with Crippen molar-refractivity contribution in [3.8, 4) is 0 Å². The summed E-state index contributed by atoms with van der Waals surface area (Å²) in [5.41, 5.74) is 8.49. The fourth-order valence-corrected chi connectivity index (χ4v) is 2.77. The quantitative estimate of drug-likeness (QED) is 0.649. The third-order valence-corrected chi connectivity index (χ3v) is 4.35. The maximum absolute atomic E-state index is 6.02. The second-order valence-corrected chi connectivity index (χ2v) is 6.28. The molecule has 0 aliphatic carbocycles. The number of rotatable bonds is 5. The van der Waals surface area contributed by atoms with Crippen molar-refractivity contribution >= 4 is 5.96 Å². The molecule has 3 atom stereocenters. The Labute approximate surface area is 134 Å². The van der Waals surface area contributed by atoms with Crippen molar-refractivity contribution in [2.45, 2.75) is 52.2 Å². The summed E-state index contributed by atoms with van der Waals surface area (Å²) in [6.07, 6.45) is 3.41. The molecule has 122 valence electrons. The average Bonchev–Trinajstić information content (AvgIpc) is 2.54. The van der Waals surface area contributed by atoms with Crippen molar-refractivity contribution in [2.24, 2.45) is 16.6 Å². The lowest BCUT2D eigenvalue weighted by molar-refractivity contribution is -0.0250. The Balaban J connectivity index is 2.00. The van der Waals surface area contributed by atoms with Gasteiger partial charge in [0.15, 0.2) is 5.96 Å². The summed E-state index contributed by atoms with van der Waals surface area (Å²) >= 11 is 0. The van der Waals surface area contributed by atoms with E-state index in [-0.39, 0.29) is 6.10 Å². The van der Waals surface area contributed by atoms with Crippen molar-refractivity contribution in [3.63, 3.8) is 0 Å². The smallest absolute Gasteiger partial charge is 0.188 e. The molecule has 0 spiro atoms. The zero-order valence-electron chi connectivity index (χ0n) is 14.0. The van der Waals surface area contributed by atoms with Crippen LogP contribution in [0.15, 0.2) is 29.3 Å². The molecule has 2 rings (SSSR count). The van der Waals surface area contributed by atoms with Crippen LogP contribution in [-0.4, -0.2) is 25.2 Å². The largest absolute Gasteiger partial charge is 0.373 e. The molecule has 0 aromatic heterocycles. The Bertz CT molecular complexity index is 484. The molecule has 1 aromatic carbocycles. The minimum absolute atomic E-state index is 0.134. The van der Waals surface area contributed by atoms with Crippen LogP contribution in [0.1, 0.15) is 50.3 Å². The summed E-state index contributed by atoms with van der Waals surface area (Å²) in [5, 5.41) is 3.22. The van der Waals surface area contributed by atoms with Gasteiger partial charge in [-0.05, 0) is 38.7 Å². The van der Waals surface area contributed by atoms with Crippen LogP contribution in [0, 0.1) is 12.8 Å². The van der Waals surface area contributed by atoms with Gasteiger partial charge in [-0.15, -0.1) is 0 Å². The van der Waals surface area contributed by atoms with Crippen LogP contribution >= 0.6 is 0 Å². The lowest BCUT2D eigenvalue weighted by atomic mass is 9.89. The fourth-order valence-electron chi connectivity index (χ4n) is 2.77. The molecule has 4 nitrogen and oxygen atoms in total. The van der Waals surface area contributed by atoms with E-state index in [9.17, 15) is 0 Å². The molecule has 1 heterocycles. The molecule has 1 fully saturated rings. The molecule has 3 unspecified atom stereocenters. The monoisotopic (exact) mass is 303 g/mol. The molecule has 1 aliphatic rings. The van der Waals surface area contributed by atoms with Gasteiger partial charge in [0, 0.05) is 25.1 Å². The van der Waals surface area contributed by atoms with Gasteiger partial charge < -0.3 is 15.8 Å². The predicted molar refractivity (Wildman–Crippen MR) is 92.0 cm³/mol. The third-order valence-electron chi connectivity index (χ3n) is 4.35. The first kappa shape index (κ1) is 16.8. The van der Waals surface area contributed by atoms with Crippen LogP contribution in [0.5, 0.6) is 0 Å². The van der Waals surface area contributed by atoms with Crippen LogP contribution in [0.4, 0.5) is 0 Å². The highest BCUT2D eigenvalue weighted by Gasteiger charge is 2.27. The van der Waals surface area contributed by atoms with E-state index in [1.165, 1.54) is 11.1 Å². The summed E-state index contributed by atoms with van der Waals surface area (Å²) < 4.78 is 6.02. The number of hydrogen-bond donors (Lipinski definition) is 2. The second kappa shape index (κ2) is 8.18. The number of ether oxygens (including phenoxy) is 1. The second-order valence-electron chi connectivity index (χ2n) is 6.28. The molecule has 1 aliphatic heterocycles. The predicted octanol–water partition coefficient (Wildman–Crippen LogP) is 3.17. The van der Waals surface area contributed by atoms with Gasteiger partial charge in [0.25, 0.3) is 0 Å². The minimum atomic E-state index is 0.134. The number of guanidine groups is 1. The highest BCUT2D eigenvalue weighted by atomic mass is 16.5. The van der Waals surface area contributed by atoms with Crippen LogP contribution in [0.2, 0.25) is 0 Å². The number of aryl methyl sites for hydroxylation is 1. The van der Waals surface area contributed by atoms with Gasteiger partial charge in [0.05, 0.1) is 6.10 Å². The third kappa shape index (κ3) is 4.73. The Morgan fingerprint density at radius 1 is 1.41 bits per heavy atom. The molecule has 0 amide bonds. The number of nitrogens with one attached hydrogen (secondary N) is 1. The maximum atomic E-state index is 6.02. The van der Waals surface area contributed by atoms with Gasteiger partial charge in [-0.1, -0.05) is 36.8 Å². The fraction of sp³-hybridized carbons (Fsp3) is 0.611. The van der Waals surface area contributed by atoms with Gasteiger partial charge >= 0.3 is 0 Å². The molecule has 22 heavy (non-hydrogen) atoms. The Hall–Kier alpha value is -1.55. The normalized spacial score (nSPS) is 24.0. The molecule has 4 heteroatoms. The molecule has 3 N–H and O–H groups in total. The summed E-state index contributed by atoms with van der Waals surface area (Å²) in [7, 11) is 0. The zero-order chi connectivity index (χ0) is 15.9. The highest BCUT2D eigenvalue weighted by molar-refractivity contribution is 5.78. The van der Waals surface area contributed by atoms with E-state index in [4.69, 9.17) is 10.5 Å². The molecule has 0 bridgehead atoms. The summed E-state index contributed by atoms with van der Waals surface area (Å²) in [6.45, 7) is 7.90. The first-order valence-corrected chi connectivity index (χ1v) is 8.34.